The predicted octanol–water partition coefficient (Wildman–Crippen LogP) is 1.83. The lowest BCUT2D eigenvalue weighted by Gasteiger charge is -2.40. The van der Waals surface area contributed by atoms with E-state index in [2.05, 4.69) is 10.3 Å². The second-order valence-electron chi connectivity index (χ2n) is 6.84. The van der Waals surface area contributed by atoms with Crippen molar-refractivity contribution < 1.29 is 9.50 Å². The van der Waals surface area contributed by atoms with Gasteiger partial charge in [-0.1, -0.05) is 12.1 Å². The lowest BCUT2D eigenvalue weighted by Crippen LogP contribution is -2.55. The van der Waals surface area contributed by atoms with Crippen LogP contribution >= 0.6 is 12.4 Å². The van der Waals surface area contributed by atoms with Crippen LogP contribution < -0.4 is 10.9 Å². The molecule has 1 aromatic heterocycles. The highest BCUT2D eigenvalue weighted by atomic mass is 35.5. The number of halogens is 2. The van der Waals surface area contributed by atoms with E-state index >= 15 is 0 Å². The highest BCUT2D eigenvalue weighted by Crippen LogP contribution is 2.43. The zero-order chi connectivity index (χ0) is 16.7. The number of aromatic nitrogens is 2. The van der Waals surface area contributed by atoms with Gasteiger partial charge in [-0.3, -0.25) is 9.36 Å². The summed E-state index contributed by atoms with van der Waals surface area (Å²) >= 11 is 0. The maximum atomic E-state index is 13.9. The average molecular weight is 366 g/mol. The highest BCUT2D eigenvalue weighted by Gasteiger charge is 2.51. The van der Waals surface area contributed by atoms with Gasteiger partial charge in [-0.05, 0) is 25.0 Å². The third kappa shape index (κ3) is 3.10. The molecule has 2 aliphatic rings. The third-order valence-electron chi connectivity index (χ3n) is 5.51. The standard InChI is InChI=1S/C18H20FN3O2.ClH/c19-15-4-2-1-3-14(15)16-7-17(23)22(11-21-16)10-18(24)12-5-6-13(18)9-20-8-12;/h1-4,7,11-13,20,24H,5-6,8-10H2;1H/t12-,13+,18?;. The number of benzene rings is 1. The van der Waals surface area contributed by atoms with E-state index in [0.29, 0.717) is 11.3 Å². The first-order valence-corrected chi connectivity index (χ1v) is 8.32. The second kappa shape index (κ2) is 6.86. The number of aliphatic hydroxyl groups is 1. The number of piperidine rings is 1. The molecule has 1 saturated carbocycles. The lowest BCUT2D eigenvalue weighted by atomic mass is 9.81. The van der Waals surface area contributed by atoms with Gasteiger partial charge in [-0.15, -0.1) is 12.4 Å². The Bertz CT molecular complexity index is 810. The van der Waals surface area contributed by atoms with Crippen LogP contribution in [-0.2, 0) is 6.54 Å². The quantitative estimate of drug-likeness (QED) is 0.871. The van der Waals surface area contributed by atoms with Gasteiger partial charge >= 0.3 is 0 Å². The average Bonchev–Trinajstić information content (AvgIpc) is 2.76. The fourth-order valence-electron chi connectivity index (χ4n) is 4.12. The first-order chi connectivity index (χ1) is 11.6. The molecule has 1 unspecified atom stereocenters. The van der Waals surface area contributed by atoms with E-state index in [9.17, 15) is 14.3 Å². The van der Waals surface area contributed by atoms with Crippen LogP contribution in [-0.4, -0.2) is 33.3 Å². The number of fused-ring (bicyclic) bond motifs is 2. The first-order valence-electron chi connectivity index (χ1n) is 8.32. The van der Waals surface area contributed by atoms with Crippen LogP contribution in [0.1, 0.15) is 12.8 Å². The molecule has 2 heterocycles. The van der Waals surface area contributed by atoms with Crippen molar-refractivity contribution in [1.82, 2.24) is 14.9 Å². The van der Waals surface area contributed by atoms with Crippen molar-refractivity contribution in [3.63, 3.8) is 0 Å². The van der Waals surface area contributed by atoms with E-state index in [1.807, 2.05) is 0 Å². The van der Waals surface area contributed by atoms with E-state index in [4.69, 9.17) is 0 Å². The zero-order valence-corrected chi connectivity index (χ0v) is 14.5. The molecule has 4 rings (SSSR count). The number of nitrogens with zero attached hydrogens (tertiary/aromatic N) is 2. The van der Waals surface area contributed by atoms with Crippen LogP contribution in [0.3, 0.4) is 0 Å². The minimum atomic E-state index is -0.865. The molecule has 2 fully saturated rings. The summed E-state index contributed by atoms with van der Waals surface area (Å²) in [7, 11) is 0. The summed E-state index contributed by atoms with van der Waals surface area (Å²) in [5.41, 5.74) is -0.511. The van der Waals surface area contributed by atoms with Crippen molar-refractivity contribution in [3.05, 3.63) is 52.8 Å². The fourth-order valence-corrected chi connectivity index (χ4v) is 4.12. The second-order valence-corrected chi connectivity index (χ2v) is 6.84. The van der Waals surface area contributed by atoms with E-state index in [-0.39, 0.29) is 36.3 Å². The highest BCUT2D eigenvalue weighted by molar-refractivity contribution is 5.85. The van der Waals surface area contributed by atoms with Gasteiger partial charge in [0.05, 0.1) is 24.2 Å². The minimum absolute atomic E-state index is 0. The van der Waals surface area contributed by atoms with Gasteiger partial charge in [0.1, 0.15) is 5.82 Å². The fraction of sp³-hybridized carbons (Fsp3) is 0.444. The maximum Gasteiger partial charge on any atom is 0.253 e. The molecule has 0 spiro atoms. The van der Waals surface area contributed by atoms with E-state index in [1.165, 1.54) is 23.0 Å². The van der Waals surface area contributed by atoms with E-state index in [0.717, 1.165) is 25.9 Å². The number of hydrogen-bond donors (Lipinski definition) is 2. The largest absolute Gasteiger partial charge is 0.387 e. The Balaban J connectivity index is 0.00000182. The van der Waals surface area contributed by atoms with Crippen LogP contribution in [0.25, 0.3) is 11.3 Å². The van der Waals surface area contributed by atoms with Crippen molar-refractivity contribution in [1.29, 1.82) is 0 Å². The maximum absolute atomic E-state index is 13.9. The Kier molecular flexibility index (Phi) is 4.95. The third-order valence-corrected chi connectivity index (χ3v) is 5.51. The van der Waals surface area contributed by atoms with Gasteiger partial charge in [0.15, 0.2) is 0 Å². The molecule has 25 heavy (non-hydrogen) atoms. The van der Waals surface area contributed by atoms with Crippen molar-refractivity contribution in [2.75, 3.05) is 13.1 Å². The van der Waals surface area contributed by atoms with Gasteiger partial charge in [0.25, 0.3) is 5.56 Å². The molecule has 1 saturated heterocycles. The van der Waals surface area contributed by atoms with Crippen LogP contribution in [0.15, 0.2) is 41.5 Å². The molecule has 0 amide bonds. The van der Waals surface area contributed by atoms with Crippen LogP contribution in [0, 0.1) is 17.7 Å². The van der Waals surface area contributed by atoms with Crippen LogP contribution in [0.4, 0.5) is 4.39 Å². The molecule has 5 nitrogen and oxygen atoms in total. The summed E-state index contributed by atoms with van der Waals surface area (Å²) < 4.78 is 15.3. The topological polar surface area (TPSA) is 67.2 Å². The van der Waals surface area contributed by atoms with Gasteiger partial charge in [-0.25, -0.2) is 9.37 Å². The molecule has 1 aliphatic carbocycles. The van der Waals surface area contributed by atoms with Gasteiger partial charge in [0, 0.05) is 36.6 Å². The number of hydrogen-bond acceptors (Lipinski definition) is 4. The molecular weight excluding hydrogens is 345 g/mol. The Hall–Kier alpha value is -1.76. The molecule has 2 N–H and O–H groups in total. The smallest absolute Gasteiger partial charge is 0.253 e. The summed E-state index contributed by atoms with van der Waals surface area (Å²) in [5, 5.41) is 14.4. The summed E-state index contributed by atoms with van der Waals surface area (Å²) in [5.74, 6) is -0.0824. The number of nitrogens with one attached hydrogen (secondary N) is 1. The lowest BCUT2D eigenvalue weighted by molar-refractivity contribution is -0.0655. The van der Waals surface area contributed by atoms with Crippen molar-refractivity contribution >= 4 is 12.4 Å². The van der Waals surface area contributed by atoms with Gasteiger partial charge in [0.2, 0.25) is 0 Å². The van der Waals surface area contributed by atoms with Gasteiger partial charge < -0.3 is 10.4 Å². The molecule has 1 aromatic carbocycles. The summed E-state index contributed by atoms with van der Waals surface area (Å²) in [6.45, 7) is 1.80. The molecule has 7 heteroatoms. The normalized spacial score (nSPS) is 27.8. The Morgan fingerprint density at radius 3 is 2.60 bits per heavy atom. The van der Waals surface area contributed by atoms with Crippen molar-refractivity contribution in [2.45, 2.75) is 25.0 Å². The SMILES string of the molecule is Cl.O=c1cc(-c2ccccc2F)ncn1CC1(O)[C@@H]2CC[C@H]1CNC2. The summed E-state index contributed by atoms with van der Waals surface area (Å²) in [4.78, 5) is 16.7. The summed E-state index contributed by atoms with van der Waals surface area (Å²) in [6.07, 6.45) is 3.37. The molecule has 0 radical (unpaired) electrons. The first kappa shape index (κ1) is 18.0. The Morgan fingerprint density at radius 2 is 1.96 bits per heavy atom. The predicted molar refractivity (Wildman–Crippen MR) is 95.2 cm³/mol. The molecule has 1 aliphatic heterocycles. The minimum Gasteiger partial charge on any atom is -0.387 e. The zero-order valence-electron chi connectivity index (χ0n) is 13.7. The molecule has 3 atom stereocenters. The Morgan fingerprint density at radius 1 is 1.28 bits per heavy atom. The van der Waals surface area contributed by atoms with Gasteiger partial charge in [-0.2, -0.15) is 0 Å². The van der Waals surface area contributed by atoms with Crippen LogP contribution in [0.5, 0.6) is 0 Å². The van der Waals surface area contributed by atoms with Crippen molar-refractivity contribution in [2.24, 2.45) is 11.8 Å². The van der Waals surface area contributed by atoms with Crippen LogP contribution in [0.2, 0.25) is 0 Å². The summed E-state index contributed by atoms with van der Waals surface area (Å²) in [6, 6.07) is 7.59. The molecule has 2 aromatic rings. The Labute approximate surface area is 151 Å². The van der Waals surface area contributed by atoms with E-state index in [1.54, 1.807) is 18.2 Å². The molecule has 2 bridgehead atoms. The number of rotatable bonds is 3. The monoisotopic (exact) mass is 365 g/mol. The van der Waals surface area contributed by atoms with Crippen molar-refractivity contribution in [3.8, 4) is 11.3 Å². The van der Waals surface area contributed by atoms with E-state index < -0.39 is 11.4 Å². The molecule has 134 valence electrons. The molecular formula is C18H21ClFN3O2.